The van der Waals surface area contributed by atoms with Crippen LogP contribution in [0.2, 0.25) is 0 Å². The van der Waals surface area contributed by atoms with Gasteiger partial charge in [0.25, 0.3) is 0 Å². The van der Waals surface area contributed by atoms with E-state index in [4.69, 9.17) is 0 Å². The van der Waals surface area contributed by atoms with Crippen LogP contribution in [0.5, 0.6) is 0 Å². The van der Waals surface area contributed by atoms with E-state index in [1.165, 1.54) is 19.3 Å². The number of rotatable bonds is 0. The fraction of sp³-hybridized carbons (Fsp3) is 0.900. The summed E-state index contributed by atoms with van der Waals surface area (Å²) in [6, 6.07) is 0. The van der Waals surface area contributed by atoms with Crippen LogP contribution in [0.15, 0.2) is 0 Å². The van der Waals surface area contributed by atoms with Crippen molar-refractivity contribution in [2.75, 3.05) is 0 Å². The standard InChI is InChI=1S/C10H16O/c1-7-5-6-8-3-2-4-9(11)10(7)8/h7-8,10H,2-6H2,1H3/t7-,8+,10+/m0/s1. The molecule has 0 aromatic carbocycles. The number of carbonyl (C=O) groups excluding carboxylic acids is 1. The molecule has 0 aromatic heterocycles. The largest absolute Gasteiger partial charge is 0.299 e. The maximum absolute atomic E-state index is 11.5. The minimum absolute atomic E-state index is 0.462. The van der Waals surface area contributed by atoms with Crippen LogP contribution in [-0.4, -0.2) is 5.78 Å². The average Bonchev–Trinajstić information content (AvgIpc) is 2.34. The Labute approximate surface area is 68.2 Å². The third-order valence-electron chi connectivity index (χ3n) is 3.48. The molecule has 0 N–H and O–H groups in total. The zero-order chi connectivity index (χ0) is 7.84. The van der Waals surface area contributed by atoms with Crippen molar-refractivity contribution in [3.8, 4) is 0 Å². The summed E-state index contributed by atoms with van der Waals surface area (Å²) in [5.41, 5.74) is 0. The van der Waals surface area contributed by atoms with Gasteiger partial charge in [0.2, 0.25) is 0 Å². The Bertz CT molecular complexity index is 172. The van der Waals surface area contributed by atoms with Gasteiger partial charge >= 0.3 is 0 Å². The molecule has 2 rings (SSSR count). The monoisotopic (exact) mass is 152 g/mol. The Morgan fingerprint density at radius 3 is 2.82 bits per heavy atom. The van der Waals surface area contributed by atoms with E-state index in [2.05, 4.69) is 6.92 Å². The summed E-state index contributed by atoms with van der Waals surface area (Å²) in [4.78, 5) is 11.5. The summed E-state index contributed by atoms with van der Waals surface area (Å²) >= 11 is 0. The first-order valence-electron chi connectivity index (χ1n) is 4.82. The molecule has 3 atom stereocenters. The molecule has 0 amide bonds. The van der Waals surface area contributed by atoms with Crippen molar-refractivity contribution < 1.29 is 4.79 Å². The second kappa shape index (κ2) is 2.62. The van der Waals surface area contributed by atoms with E-state index >= 15 is 0 Å². The fourth-order valence-electron chi connectivity index (χ4n) is 2.91. The topological polar surface area (TPSA) is 17.1 Å². The molecular formula is C10H16O. The summed E-state index contributed by atoms with van der Waals surface area (Å²) in [7, 11) is 0. The molecular weight excluding hydrogens is 136 g/mol. The predicted molar refractivity (Wildman–Crippen MR) is 44.2 cm³/mol. The lowest BCUT2D eigenvalue weighted by Crippen LogP contribution is -2.27. The molecule has 0 aliphatic heterocycles. The highest BCUT2D eigenvalue weighted by Crippen LogP contribution is 2.43. The molecule has 0 unspecified atom stereocenters. The summed E-state index contributed by atoms with van der Waals surface area (Å²) in [5, 5.41) is 0. The lowest BCUT2D eigenvalue weighted by atomic mass is 9.78. The molecule has 0 heterocycles. The normalized spacial score (nSPS) is 44.1. The third kappa shape index (κ3) is 1.11. The van der Waals surface area contributed by atoms with E-state index in [1.807, 2.05) is 0 Å². The summed E-state index contributed by atoms with van der Waals surface area (Å²) in [6.07, 6.45) is 5.96. The highest BCUT2D eigenvalue weighted by molar-refractivity contribution is 5.82. The summed E-state index contributed by atoms with van der Waals surface area (Å²) in [5.74, 6) is 2.48. The highest BCUT2D eigenvalue weighted by atomic mass is 16.1. The molecule has 1 nitrogen and oxygen atoms in total. The van der Waals surface area contributed by atoms with Crippen molar-refractivity contribution in [2.45, 2.75) is 39.0 Å². The second-order valence-electron chi connectivity index (χ2n) is 4.20. The molecule has 2 fully saturated rings. The lowest BCUT2D eigenvalue weighted by Gasteiger charge is -2.26. The van der Waals surface area contributed by atoms with Crippen molar-refractivity contribution in [2.24, 2.45) is 17.8 Å². The maximum atomic E-state index is 11.5. The van der Waals surface area contributed by atoms with Crippen LogP contribution >= 0.6 is 0 Å². The van der Waals surface area contributed by atoms with Gasteiger partial charge in [0.1, 0.15) is 5.78 Å². The number of ketones is 1. The van der Waals surface area contributed by atoms with E-state index in [0.29, 0.717) is 17.6 Å². The number of Topliss-reactive ketones (excluding diaryl/α,β-unsaturated/α-hetero) is 1. The van der Waals surface area contributed by atoms with Crippen LogP contribution < -0.4 is 0 Å². The van der Waals surface area contributed by atoms with E-state index in [9.17, 15) is 4.79 Å². The Hall–Kier alpha value is -0.330. The first kappa shape index (κ1) is 7.33. The summed E-state index contributed by atoms with van der Waals surface area (Å²) < 4.78 is 0. The van der Waals surface area contributed by atoms with Gasteiger partial charge in [-0.15, -0.1) is 0 Å². The first-order valence-corrected chi connectivity index (χ1v) is 4.82. The van der Waals surface area contributed by atoms with Crippen LogP contribution in [0, 0.1) is 17.8 Å². The van der Waals surface area contributed by atoms with E-state index in [-0.39, 0.29) is 0 Å². The first-order chi connectivity index (χ1) is 5.29. The SMILES string of the molecule is C[C@H]1CC[C@H]2CCCC(=O)[C@@H]21. The number of hydrogen-bond acceptors (Lipinski definition) is 1. The molecule has 11 heavy (non-hydrogen) atoms. The second-order valence-corrected chi connectivity index (χ2v) is 4.20. The van der Waals surface area contributed by atoms with E-state index in [0.717, 1.165) is 18.8 Å². The van der Waals surface area contributed by atoms with Gasteiger partial charge < -0.3 is 0 Å². The van der Waals surface area contributed by atoms with Gasteiger partial charge in [0, 0.05) is 12.3 Å². The van der Waals surface area contributed by atoms with Crippen molar-refractivity contribution in [1.82, 2.24) is 0 Å². The molecule has 0 aromatic rings. The minimum atomic E-state index is 0.462. The molecule has 62 valence electrons. The van der Waals surface area contributed by atoms with Crippen LogP contribution in [0.4, 0.5) is 0 Å². The van der Waals surface area contributed by atoms with E-state index < -0.39 is 0 Å². The van der Waals surface area contributed by atoms with Crippen molar-refractivity contribution in [1.29, 1.82) is 0 Å². The molecule has 0 spiro atoms. The van der Waals surface area contributed by atoms with Gasteiger partial charge in [-0.25, -0.2) is 0 Å². The van der Waals surface area contributed by atoms with Crippen LogP contribution in [-0.2, 0) is 4.79 Å². The molecule has 0 radical (unpaired) electrons. The third-order valence-corrected chi connectivity index (χ3v) is 3.48. The lowest BCUT2D eigenvalue weighted by molar-refractivity contribution is -0.127. The Morgan fingerprint density at radius 2 is 2.09 bits per heavy atom. The van der Waals surface area contributed by atoms with Gasteiger partial charge in [-0.05, 0) is 37.5 Å². The Balaban J connectivity index is 2.14. The van der Waals surface area contributed by atoms with Gasteiger partial charge in [-0.2, -0.15) is 0 Å². The van der Waals surface area contributed by atoms with Crippen LogP contribution in [0.1, 0.15) is 39.0 Å². The molecule has 2 aliphatic rings. The van der Waals surface area contributed by atoms with Crippen LogP contribution in [0.3, 0.4) is 0 Å². The van der Waals surface area contributed by atoms with Gasteiger partial charge in [-0.1, -0.05) is 6.92 Å². The number of hydrogen-bond donors (Lipinski definition) is 0. The zero-order valence-electron chi connectivity index (χ0n) is 7.18. The fourth-order valence-corrected chi connectivity index (χ4v) is 2.91. The quantitative estimate of drug-likeness (QED) is 0.521. The number of carbonyl (C=O) groups is 1. The number of fused-ring (bicyclic) bond motifs is 1. The molecule has 0 bridgehead atoms. The minimum Gasteiger partial charge on any atom is -0.299 e. The molecule has 2 aliphatic carbocycles. The van der Waals surface area contributed by atoms with Gasteiger partial charge in [0.05, 0.1) is 0 Å². The van der Waals surface area contributed by atoms with E-state index in [1.54, 1.807) is 0 Å². The van der Waals surface area contributed by atoms with Crippen LogP contribution in [0.25, 0.3) is 0 Å². The average molecular weight is 152 g/mol. The highest BCUT2D eigenvalue weighted by Gasteiger charge is 2.39. The predicted octanol–water partition coefficient (Wildman–Crippen LogP) is 2.40. The van der Waals surface area contributed by atoms with Crippen molar-refractivity contribution in [3.05, 3.63) is 0 Å². The smallest absolute Gasteiger partial charge is 0.136 e. The van der Waals surface area contributed by atoms with Crippen molar-refractivity contribution in [3.63, 3.8) is 0 Å². The molecule has 1 heteroatoms. The molecule has 0 saturated heterocycles. The Kier molecular flexibility index (Phi) is 1.74. The Morgan fingerprint density at radius 1 is 1.27 bits per heavy atom. The van der Waals surface area contributed by atoms with Gasteiger partial charge in [0.15, 0.2) is 0 Å². The molecule has 2 saturated carbocycles. The van der Waals surface area contributed by atoms with Gasteiger partial charge in [-0.3, -0.25) is 4.79 Å². The van der Waals surface area contributed by atoms with Crippen molar-refractivity contribution >= 4 is 5.78 Å². The summed E-state index contributed by atoms with van der Waals surface area (Å²) in [6.45, 7) is 2.24. The zero-order valence-corrected chi connectivity index (χ0v) is 7.18. The maximum Gasteiger partial charge on any atom is 0.136 e.